The van der Waals surface area contributed by atoms with Crippen LogP contribution in [0.1, 0.15) is 23.2 Å². The van der Waals surface area contributed by atoms with Crippen LogP contribution >= 0.6 is 0 Å². The van der Waals surface area contributed by atoms with Gasteiger partial charge < -0.3 is 10.2 Å². The van der Waals surface area contributed by atoms with Crippen molar-refractivity contribution >= 4 is 5.91 Å². The van der Waals surface area contributed by atoms with Crippen LogP contribution < -0.4 is 5.32 Å². The van der Waals surface area contributed by atoms with Crippen LogP contribution in [0.4, 0.5) is 0 Å². The van der Waals surface area contributed by atoms with Gasteiger partial charge in [0, 0.05) is 37.1 Å². The number of carbonyl (C=O) groups is 1. The number of hydrogen-bond donors (Lipinski definition) is 1. The summed E-state index contributed by atoms with van der Waals surface area (Å²) in [5.41, 5.74) is 2.74. The Kier molecular flexibility index (Phi) is 4.49. The quantitative estimate of drug-likeness (QED) is 0.946. The average Bonchev–Trinajstić information content (AvgIpc) is 2.62. The predicted molar refractivity (Wildman–Crippen MR) is 87.7 cm³/mol. The van der Waals surface area contributed by atoms with Crippen LogP contribution in [0.2, 0.25) is 0 Å². The summed E-state index contributed by atoms with van der Waals surface area (Å²) in [6.45, 7) is 1.61. The molecule has 1 aliphatic heterocycles. The van der Waals surface area contributed by atoms with Gasteiger partial charge in [0.2, 0.25) is 0 Å². The largest absolute Gasteiger partial charge is 0.338 e. The molecule has 0 spiro atoms. The van der Waals surface area contributed by atoms with Crippen molar-refractivity contribution < 1.29 is 4.79 Å². The Bertz CT molecular complexity index is 634. The van der Waals surface area contributed by atoms with E-state index in [-0.39, 0.29) is 5.91 Å². The molecule has 1 amide bonds. The molecule has 2 aromatic rings. The van der Waals surface area contributed by atoms with Crippen LogP contribution in [-0.4, -0.2) is 42.0 Å². The SMILES string of the molecule is CNC1CCN(C(=O)c2cncc(-c3ccccc3)c2)CC1. The van der Waals surface area contributed by atoms with Gasteiger partial charge in [0.05, 0.1) is 5.56 Å². The van der Waals surface area contributed by atoms with E-state index in [1.165, 1.54) is 0 Å². The molecule has 1 N–H and O–H groups in total. The molecule has 0 saturated carbocycles. The number of carbonyl (C=O) groups excluding carboxylic acids is 1. The fourth-order valence-corrected chi connectivity index (χ4v) is 2.90. The summed E-state index contributed by atoms with van der Waals surface area (Å²) < 4.78 is 0. The number of piperidine rings is 1. The Morgan fingerprint density at radius 2 is 1.86 bits per heavy atom. The molecule has 1 fully saturated rings. The van der Waals surface area contributed by atoms with Crippen molar-refractivity contribution in [1.82, 2.24) is 15.2 Å². The molecule has 3 rings (SSSR count). The van der Waals surface area contributed by atoms with Crippen LogP contribution in [0.25, 0.3) is 11.1 Å². The second-order valence-electron chi connectivity index (χ2n) is 5.68. The Labute approximate surface area is 131 Å². The van der Waals surface area contributed by atoms with Gasteiger partial charge in [0.1, 0.15) is 0 Å². The molecule has 1 saturated heterocycles. The lowest BCUT2D eigenvalue weighted by Gasteiger charge is -2.31. The molecular formula is C18H21N3O. The Hall–Kier alpha value is -2.20. The molecule has 0 atom stereocenters. The third kappa shape index (κ3) is 3.17. The Morgan fingerprint density at radius 1 is 1.14 bits per heavy atom. The maximum absolute atomic E-state index is 12.6. The first-order valence-electron chi connectivity index (χ1n) is 7.75. The molecule has 0 unspecified atom stereocenters. The van der Waals surface area contributed by atoms with E-state index >= 15 is 0 Å². The van der Waals surface area contributed by atoms with Crippen LogP contribution in [0.15, 0.2) is 48.8 Å². The number of likely N-dealkylation sites (tertiary alicyclic amines) is 1. The predicted octanol–water partition coefficient (Wildman–Crippen LogP) is 2.57. The summed E-state index contributed by atoms with van der Waals surface area (Å²) >= 11 is 0. The first kappa shape index (κ1) is 14.7. The van der Waals surface area contributed by atoms with Crippen molar-refractivity contribution in [3.8, 4) is 11.1 Å². The highest BCUT2D eigenvalue weighted by Gasteiger charge is 2.23. The maximum Gasteiger partial charge on any atom is 0.255 e. The molecule has 1 aromatic carbocycles. The van der Waals surface area contributed by atoms with E-state index in [9.17, 15) is 4.79 Å². The van der Waals surface area contributed by atoms with Crippen molar-refractivity contribution in [3.63, 3.8) is 0 Å². The van der Waals surface area contributed by atoms with E-state index in [0.29, 0.717) is 11.6 Å². The molecule has 0 bridgehead atoms. The van der Waals surface area contributed by atoms with Gasteiger partial charge >= 0.3 is 0 Å². The molecule has 0 aliphatic carbocycles. The van der Waals surface area contributed by atoms with Gasteiger partial charge in [-0.2, -0.15) is 0 Å². The van der Waals surface area contributed by atoms with Crippen molar-refractivity contribution in [3.05, 3.63) is 54.4 Å². The standard InChI is InChI=1S/C18H21N3O/c1-19-17-7-9-21(10-8-17)18(22)16-11-15(12-20-13-16)14-5-3-2-4-6-14/h2-6,11-13,17,19H,7-10H2,1H3. The zero-order valence-corrected chi connectivity index (χ0v) is 12.8. The van der Waals surface area contributed by atoms with Gasteiger partial charge in [0.25, 0.3) is 5.91 Å². The Morgan fingerprint density at radius 3 is 2.55 bits per heavy atom. The number of rotatable bonds is 3. The van der Waals surface area contributed by atoms with Crippen LogP contribution in [0.3, 0.4) is 0 Å². The summed E-state index contributed by atoms with van der Waals surface area (Å²) in [5, 5.41) is 3.28. The number of nitrogens with one attached hydrogen (secondary N) is 1. The lowest BCUT2D eigenvalue weighted by Crippen LogP contribution is -2.43. The maximum atomic E-state index is 12.6. The molecule has 22 heavy (non-hydrogen) atoms. The molecule has 114 valence electrons. The van der Waals surface area contributed by atoms with Crippen molar-refractivity contribution in [2.24, 2.45) is 0 Å². The number of amides is 1. The van der Waals surface area contributed by atoms with Crippen LogP contribution in [0, 0.1) is 0 Å². The number of aromatic nitrogens is 1. The normalized spacial score (nSPS) is 15.8. The minimum absolute atomic E-state index is 0.0832. The fraction of sp³-hybridized carbons (Fsp3) is 0.333. The molecule has 2 heterocycles. The van der Waals surface area contributed by atoms with Gasteiger partial charge in [-0.3, -0.25) is 9.78 Å². The average molecular weight is 295 g/mol. The summed E-state index contributed by atoms with van der Waals surface area (Å²) in [4.78, 5) is 18.8. The third-order valence-electron chi connectivity index (χ3n) is 4.28. The molecule has 4 heteroatoms. The highest BCUT2D eigenvalue weighted by Crippen LogP contribution is 2.20. The van der Waals surface area contributed by atoms with E-state index in [1.807, 2.05) is 48.3 Å². The zero-order valence-electron chi connectivity index (χ0n) is 12.8. The van der Waals surface area contributed by atoms with E-state index in [4.69, 9.17) is 0 Å². The Balaban J connectivity index is 1.76. The highest BCUT2D eigenvalue weighted by molar-refractivity contribution is 5.95. The third-order valence-corrected chi connectivity index (χ3v) is 4.28. The van der Waals surface area contributed by atoms with Gasteiger partial charge in [-0.15, -0.1) is 0 Å². The molecule has 0 radical (unpaired) electrons. The zero-order chi connectivity index (χ0) is 15.4. The fourth-order valence-electron chi connectivity index (χ4n) is 2.90. The molecule has 1 aliphatic rings. The topological polar surface area (TPSA) is 45.2 Å². The lowest BCUT2D eigenvalue weighted by molar-refractivity contribution is 0.0707. The van der Waals surface area contributed by atoms with Crippen LogP contribution in [-0.2, 0) is 0 Å². The second-order valence-corrected chi connectivity index (χ2v) is 5.68. The molecule has 1 aromatic heterocycles. The summed E-state index contributed by atoms with van der Waals surface area (Å²) in [5.74, 6) is 0.0832. The summed E-state index contributed by atoms with van der Waals surface area (Å²) in [7, 11) is 1.98. The van der Waals surface area contributed by atoms with Crippen molar-refractivity contribution in [1.29, 1.82) is 0 Å². The number of hydrogen-bond acceptors (Lipinski definition) is 3. The van der Waals surface area contributed by atoms with E-state index in [0.717, 1.165) is 37.1 Å². The molecule has 4 nitrogen and oxygen atoms in total. The smallest absolute Gasteiger partial charge is 0.255 e. The van der Waals surface area contributed by atoms with Gasteiger partial charge in [0.15, 0.2) is 0 Å². The number of pyridine rings is 1. The second kappa shape index (κ2) is 6.71. The first-order chi connectivity index (χ1) is 10.8. The number of benzene rings is 1. The van der Waals surface area contributed by atoms with Gasteiger partial charge in [-0.25, -0.2) is 0 Å². The first-order valence-corrected chi connectivity index (χ1v) is 7.75. The summed E-state index contributed by atoms with van der Waals surface area (Å²) in [6.07, 6.45) is 5.49. The van der Waals surface area contributed by atoms with Gasteiger partial charge in [-0.05, 0) is 31.5 Å². The minimum atomic E-state index is 0.0832. The van der Waals surface area contributed by atoms with Crippen molar-refractivity contribution in [2.45, 2.75) is 18.9 Å². The van der Waals surface area contributed by atoms with Gasteiger partial charge in [-0.1, -0.05) is 30.3 Å². The minimum Gasteiger partial charge on any atom is -0.338 e. The lowest BCUT2D eigenvalue weighted by atomic mass is 10.0. The van der Waals surface area contributed by atoms with Crippen molar-refractivity contribution in [2.75, 3.05) is 20.1 Å². The monoisotopic (exact) mass is 295 g/mol. The number of nitrogens with zero attached hydrogens (tertiary/aromatic N) is 2. The van der Waals surface area contributed by atoms with E-state index < -0.39 is 0 Å². The molecular weight excluding hydrogens is 274 g/mol. The highest BCUT2D eigenvalue weighted by atomic mass is 16.2. The summed E-state index contributed by atoms with van der Waals surface area (Å²) in [6, 6.07) is 12.5. The van der Waals surface area contributed by atoms with E-state index in [2.05, 4.69) is 10.3 Å². The van der Waals surface area contributed by atoms with E-state index in [1.54, 1.807) is 12.4 Å². The van der Waals surface area contributed by atoms with Crippen LogP contribution in [0.5, 0.6) is 0 Å².